The topological polar surface area (TPSA) is 62.8 Å². The third-order valence-electron chi connectivity index (χ3n) is 4.91. The fourth-order valence-electron chi connectivity index (χ4n) is 3.27. The van der Waals surface area contributed by atoms with Crippen molar-refractivity contribution in [2.45, 2.75) is 33.7 Å². The van der Waals surface area contributed by atoms with Crippen molar-refractivity contribution in [3.63, 3.8) is 0 Å². The quantitative estimate of drug-likeness (QED) is 0.647. The molecule has 0 saturated heterocycles. The van der Waals surface area contributed by atoms with Gasteiger partial charge in [0.2, 0.25) is 12.7 Å². The number of carbonyl (C=O) groups is 1. The standard InChI is InChI=1S/C22H29N3O3/c1-4-25(5-2)18-7-8-19(16(3)12-18)24-22(26)10-11-23-14-17-6-9-20-21(13-17)28-15-27-20/h6-9,12-13,23H,4-5,10-11,14-15H2,1-3H3,(H,24,26). The molecular weight excluding hydrogens is 354 g/mol. The monoisotopic (exact) mass is 383 g/mol. The van der Waals surface area contributed by atoms with Gasteiger partial charge in [0.15, 0.2) is 11.5 Å². The zero-order valence-corrected chi connectivity index (χ0v) is 16.9. The zero-order chi connectivity index (χ0) is 19.9. The molecular formula is C22H29N3O3. The summed E-state index contributed by atoms with van der Waals surface area (Å²) in [6, 6.07) is 12.1. The molecule has 0 aliphatic carbocycles. The number of ether oxygens (including phenoxy) is 2. The van der Waals surface area contributed by atoms with Gasteiger partial charge in [-0.25, -0.2) is 0 Å². The number of aryl methyl sites for hydroxylation is 1. The molecule has 28 heavy (non-hydrogen) atoms. The van der Waals surface area contributed by atoms with E-state index in [1.807, 2.05) is 31.2 Å². The lowest BCUT2D eigenvalue weighted by Gasteiger charge is -2.22. The van der Waals surface area contributed by atoms with Gasteiger partial charge in [-0.3, -0.25) is 4.79 Å². The van der Waals surface area contributed by atoms with E-state index in [0.29, 0.717) is 19.5 Å². The molecule has 1 heterocycles. The second-order valence-corrected chi connectivity index (χ2v) is 6.83. The Labute approximate surface area is 166 Å². The Morgan fingerprint density at radius 2 is 1.86 bits per heavy atom. The predicted octanol–water partition coefficient (Wildman–Crippen LogP) is 3.69. The Morgan fingerprint density at radius 1 is 1.07 bits per heavy atom. The van der Waals surface area contributed by atoms with Crippen molar-refractivity contribution < 1.29 is 14.3 Å². The van der Waals surface area contributed by atoms with E-state index in [2.05, 4.69) is 41.5 Å². The van der Waals surface area contributed by atoms with Crippen LogP contribution in [0, 0.1) is 6.92 Å². The van der Waals surface area contributed by atoms with Crippen LogP contribution in [0.2, 0.25) is 0 Å². The number of hydrogen-bond donors (Lipinski definition) is 2. The van der Waals surface area contributed by atoms with Crippen molar-refractivity contribution in [1.82, 2.24) is 5.32 Å². The first-order chi connectivity index (χ1) is 13.6. The van der Waals surface area contributed by atoms with Crippen LogP contribution in [0.1, 0.15) is 31.4 Å². The van der Waals surface area contributed by atoms with Gasteiger partial charge in [0.05, 0.1) is 0 Å². The average molecular weight is 383 g/mol. The molecule has 2 aromatic carbocycles. The first-order valence-electron chi connectivity index (χ1n) is 9.85. The minimum atomic E-state index is 0.0110. The van der Waals surface area contributed by atoms with Crippen molar-refractivity contribution >= 4 is 17.3 Å². The molecule has 0 aromatic heterocycles. The number of rotatable bonds is 9. The van der Waals surface area contributed by atoms with Crippen molar-refractivity contribution in [3.05, 3.63) is 47.5 Å². The number of carbonyl (C=O) groups excluding carboxylic acids is 1. The maximum absolute atomic E-state index is 12.3. The number of fused-ring (bicyclic) bond motifs is 1. The first kappa shape index (κ1) is 20.0. The van der Waals surface area contributed by atoms with Gasteiger partial charge in [-0.1, -0.05) is 6.07 Å². The number of anilines is 2. The summed E-state index contributed by atoms with van der Waals surface area (Å²) in [5, 5.41) is 6.31. The molecule has 0 unspecified atom stereocenters. The van der Waals surface area contributed by atoms with Crippen LogP contribution in [0.5, 0.6) is 11.5 Å². The van der Waals surface area contributed by atoms with E-state index in [1.54, 1.807) is 0 Å². The van der Waals surface area contributed by atoms with Gasteiger partial charge in [0.1, 0.15) is 0 Å². The van der Waals surface area contributed by atoms with E-state index in [4.69, 9.17) is 9.47 Å². The second-order valence-electron chi connectivity index (χ2n) is 6.83. The molecule has 0 spiro atoms. The number of hydrogen-bond acceptors (Lipinski definition) is 5. The van der Waals surface area contributed by atoms with Crippen LogP contribution in [-0.2, 0) is 11.3 Å². The number of nitrogens with one attached hydrogen (secondary N) is 2. The lowest BCUT2D eigenvalue weighted by Crippen LogP contribution is -2.23. The summed E-state index contributed by atoms with van der Waals surface area (Å²) in [4.78, 5) is 14.6. The molecule has 150 valence electrons. The highest BCUT2D eigenvalue weighted by atomic mass is 16.7. The van der Waals surface area contributed by atoms with Crippen LogP contribution in [0.15, 0.2) is 36.4 Å². The van der Waals surface area contributed by atoms with E-state index in [-0.39, 0.29) is 12.7 Å². The Bertz CT molecular complexity index is 819. The summed E-state index contributed by atoms with van der Waals surface area (Å²) in [6.45, 7) is 9.82. The van der Waals surface area contributed by atoms with Gasteiger partial charge in [-0.05, 0) is 62.2 Å². The molecule has 6 heteroatoms. The minimum absolute atomic E-state index is 0.0110. The van der Waals surface area contributed by atoms with E-state index in [1.165, 1.54) is 5.69 Å². The summed E-state index contributed by atoms with van der Waals surface area (Å²) in [7, 11) is 0. The lowest BCUT2D eigenvalue weighted by atomic mass is 10.1. The third kappa shape index (κ3) is 4.95. The van der Waals surface area contributed by atoms with E-state index < -0.39 is 0 Å². The SMILES string of the molecule is CCN(CC)c1ccc(NC(=O)CCNCc2ccc3c(c2)OCO3)c(C)c1. The maximum atomic E-state index is 12.3. The highest BCUT2D eigenvalue weighted by molar-refractivity contribution is 5.91. The van der Waals surface area contributed by atoms with Gasteiger partial charge < -0.3 is 25.0 Å². The van der Waals surface area contributed by atoms with Crippen molar-refractivity contribution in [1.29, 1.82) is 0 Å². The second kappa shape index (κ2) is 9.46. The maximum Gasteiger partial charge on any atom is 0.231 e. The van der Waals surface area contributed by atoms with Crippen molar-refractivity contribution in [3.8, 4) is 11.5 Å². The Hall–Kier alpha value is -2.73. The number of benzene rings is 2. The molecule has 0 radical (unpaired) electrons. The Kier molecular flexibility index (Phi) is 6.76. The summed E-state index contributed by atoms with van der Waals surface area (Å²) in [5.74, 6) is 1.57. The van der Waals surface area contributed by atoms with Gasteiger partial charge in [0.25, 0.3) is 0 Å². The van der Waals surface area contributed by atoms with Crippen LogP contribution in [-0.4, -0.2) is 32.3 Å². The van der Waals surface area contributed by atoms with E-state index in [9.17, 15) is 4.79 Å². The van der Waals surface area contributed by atoms with E-state index >= 15 is 0 Å². The predicted molar refractivity (Wildman–Crippen MR) is 112 cm³/mol. The fraction of sp³-hybridized carbons (Fsp3) is 0.409. The number of nitrogens with zero attached hydrogens (tertiary/aromatic N) is 1. The lowest BCUT2D eigenvalue weighted by molar-refractivity contribution is -0.116. The molecule has 0 atom stereocenters. The number of amides is 1. The fourth-order valence-corrected chi connectivity index (χ4v) is 3.27. The summed E-state index contributed by atoms with van der Waals surface area (Å²) in [5.41, 5.74) is 4.24. The van der Waals surface area contributed by atoms with Gasteiger partial charge in [-0.2, -0.15) is 0 Å². The zero-order valence-electron chi connectivity index (χ0n) is 16.9. The van der Waals surface area contributed by atoms with Gasteiger partial charge in [0, 0.05) is 44.0 Å². The van der Waals surface area contributed by atoms with Crippen LogP contribution < -0.4 is 25.0 Å². The molecule has 0 saturated carbocycles. The molecule has 0 fully saturated rings. The summed E-state index contributed by atoms with van der Waals surface area (Å²) >= 11 is 0. The van der Waals surface area contributed by atoms with Crippen LogP contribution in [0.25, 0.3) is 0 Å². The average Bonchev–Trinajstić information content (AvgIpc) is 3.16. The summed E-state index contributed by atoms with van der Waals surface area (Å²) in [6.07, 6.45) is 0.418. The molecule has 1 amide bonds. The Morgan fingerprint density at radius 3 is 2.61 bits per heavy atom. The molecule has 2 N–H and O–H groups in total. The van der Waals surface area contributed by atoms with E-state index in [0.717, 1.165) is 41.4 Å². The molecule has 1 aliphatic heterocycles. The van der Waals surface area contributed by atoms with Crippen molar-refractivity contribution in [2.24, 2.45) is 0 Å². The molecule has 3 rings (SSSR count). The highest BCUT2D eigenvalue weighted by Crippen LogP contribution is 2.32. The highest BCUT2D eigenvalue weighted by Gasteiger charge is 2.13. The first-order valence-corrected chi connectivity index (χ1v) is 9.85. The molecule has 1 aliphatic rings. The van der Waals surface area contributed by atoms with Crippen molar-refractivity contribution in [2.75, 3.05) is 36.6 Å². The molecule has 2 aromatic rings. The van der Waals surface area contributed by atoms with Crippen LogP contribution >= 0.6 is 0 Å². The van der Waals surface area contributed by atoms with Gasteiger partial charge in [-0.15, -0.1) is 0 Å². The summed E-state index contributed by atoms with van der Waals surface area (Å²) < 4.78 is 10.7. The smallest absolute Gasteiger partial charge is 0.231 e. The minimum Gasteiger partial charge on any atom is -0.454 e. The van der Waals surface area contributed by atoms with Gasteiger partial charge >= 0.3 is 0 Å². The van der Waals surface area contributed by atoms with Crippen LogP contribution in [0.3, 0.4) is 0 Å². The molecule has 0 bridgehead atoms. The normalized spacial score (nSPS) is 12.1. The van der Waals surface area contributed by atoms with Crippen LogP contribution in [0.4, 0.5) is 11.4 Å². The third-order valence-corrected chi connectivity index (χ3v) is 4.91. The Balaban J connectivity index is 1.44. The largest absolute Gasteiger partial charge is 0.454 e. The molecule has 6 nitrogen and oxygen atoms in total.